The molecule has 0 aromatic heterocycles. The first-order chi connectivity index (χ1) is 50.8. The fourth-order valence-corrected chi connectivity index (χ4v) is 14.9. The van der Waals surface area contributed by atoms with Crippen molar-refractivity contribution in [3.63, 3.8) is 0 Å². The van der Waals surface area contributed by atoms with Gasteiger partial charge in [0.25, 0.3) is 0 Å². The van der Waals surface area contributed by atoms with Crippen LogP contribution in [0, 0.1) is 17.8 Å². The van der Waals surface area contributed by atoms with Crippen molar-refractivity contribution in [2.75, 3.05) is 39.6 Å². The summed E-state index contributed by atoms with van der Waals surface area (Å²) in [5.41, 5.74) is 0. The number of carbonyl (C=O) groups excluding carboxylic acids is 4. The van der Waals surface area contributed by atoms with Crippen LogP contribution in [0.1, 0.15) is 453 Å². The van der Waals surface area contributed by atoms with Crippen LogP contribution in [-0.4, -0.2) is 96.7 Å². The van der Waals surface area contributed by atoms with Crippen molar-refractivity contribution < 1.29 is 80.2 Å². The molecule has 0 rings (SSSR count). The quantitative estimate of drug-likeness (QED) is 0.0222. The van der Waals surface area contributed by atoms with E-state index in [4.69, 9.17) is 37.0 Å². The number of esters is 4. The number of carbonyl (C=O) groups is 4. The Labute approximate surface area is 645 Å². The monoisotopic (exact) mass is 1540 g/mol. The van der Waals surface area contributed by atoms with Crippen LogP contribution in [0.3, 0.4) is 0 Å². The standard InChI is InChI=1S/C86H168O17P2/c1-8-10-11-12-13-14-15-16-17-18-19-20-21-25-28-31-34-37-46-53-60-67-83(88)96-73-81(102-85(90)69-62-55-48-38-35-32-29-26-23-22-24-27-30-33-36-43-50-57-64-77(3)4)75-100-104(92,93)98-71-80(87)72-99-105(94,95)101-76-82(74-97-84(89)68-61-54-47-41-39-44-51-58-65-78(5)6)103-86(91)70-63-56-49-42-40-45-52-59-66-79(7)9-2/h77-82,87H,8-76H2,1-7H3,(H,92,93)(H,94,95)/t79?,80-,81-,82-/m1/s1. The zero-order valence-corrected chi connectivity index (χ0v) is 71.0. The predicted octanol–water partition coefficient (Wildman–Crippen LogP) is 26.1. The van der Waals surface area contributed by atoms with E-state index in [0.717, 1.165) is 108 Å². The summed E-state index contributed by atoms with van der Waals surface area (Å²) in [5, 5.41) is 10.7. The molecule has 3 N–H and O–H groups in total. The summed E-state index contributed by atoms with van der Waals surface area (Å²) in [4.78, 5) is 73.2. The van der Waals surface area contributed by atoms with Gasteiger partial charge >= 0.3 is 39.5 Å². The highest BCUT2D eigenvalue weighted by Gasteiger charge is 2.30. The SMILES string of the molecule is CCCCCCCCCCCCCCCCCCCCCCCC(=O)OC[C@H](COP(=O)(O)OC[C@@H](O)COP(=O)(O)OC[C@@H](COC(=O)CCCCCCCCCCC(C)C)OC(=O)CCCCCCCCCCC(C)CC)OC(=O)CCCCCCCCCCCCCCCCCCCCC(C)C. The lowest BCUT2D eigenvalue weighted by Crippen LogP contribution is -2.30. The predicted molar refractivity (Wildman–Crippen MR) is 432 cm³/mol. The lowest BCUT2D eigenvalue weighted by Gasteiger charge is -2.21. The van der Waals surface area contributed by atoms with Crippen LogP contribution in [0.25, 0.3) is 0 Å². The molecule has 0 aliphatic carbocycles. The molecule has 17 nitrogen and oxygen atoms in total. The highest BCUT2D eigenvalue weighted by molar-refractivity contribution is 7.47. The minimum absolute atomic E-state index is 0.105. The molecule has 0 saturated heterocycles. The molecule has 0 aromatic rings. The Morgan fingerprint density at radius 2 is 0.486 bits per heavy atom. The molecular formula is C86H168O17P2. The van der Waals surface area contributed by atoms with Crippen molar-refractivity contribution >= 4 is 39.5 Å². The van der Waals surface area contributed by atoms with Gasteiger partial charge in [0.2, 0.25) is 0 Å². The molecule has 0 bridgehead atoms. The number of unbranched alkanes of at least 4 members (excludes halogenated alkanes) is 51. The second kappa shape index (κ2) is 76.1. The highest BCUT2D eigenvalue weighted by Crippen LogP contribution is 2.45. The third-order valence-electron chi connectivity index (χ3n) is 20.5. The van der Waals surface area contributed by atoms with Gasteiger partial charge in [0, 0.05) is 25.7 Å². The molecule has 6 atom stereocenters. The van der Waals surface area contributed by atoms with E-state index in [1.54, 1.807) is 0 Å². The largest absolute Gasteiger partial charge is 0.472 e. The zero-order chi connectivity index (χ0) is 77.2. The fraction of sp³-hybridized carbons (Fsp3) is 0.953. The Hall–Kier alpha value is -1.94. The summed E-state index contributed by atoms with van der Waals surface area (Å²) in [6, 6.07) is 0. The van der Waals surface area contributed by atoms with E-state index in [2.05, 4.69) is 48.5 Å². The van der Waals surface area contributed by atoms with Gasteiger partial charge in [-0.05, 0) is 43.4 Å². The maximum absolute atomic E-state index is 13.1. The summed E-state index contributed by atoms with van der Waals surface area (Å²) in [6.07, 6.45) is 66.9. The van der Waals surface area contributed by atoms with Crippen molar-refractivity contribution in [3.05, 3.63) is 0 Å². The molecule has 0 aliphatic heterocycles. The molecule has 0 radical (unpaired) electrons. The van der Waals surface area contributed by atoms with Crippen molar-refractivity contribution in [1.82, 2.24) is 0 Å². The lowest BCUT2D eigenvalue weighted by atomic mass is 9.99. The van der Waals surface area contributed by atoms with Crippen LogP contribution in [0.15, 0.2) is 0 Å². The van der Waals surface area contributed by atoms with Crippen LogP contribution >= 0.6 is 15.6 Å². The molecule has 0 heterocycles. The molecule has 0 fully saturated rings. The average Bonchev–Trinajstić information content (AvgIpc) is 0.937. The normalized spacial score (nSPS) is 14.1. The summed E-state index contributed by atoms with van der Waals surface area (Å²) in [5.74, 6) is 0.207. The summed E-state index contributed by atoms with van der Waals surface area (Å²) < 4.78 is 68.8. The van der Waals surface area contributed by atoms with Gasteiger partial charge in [-0.3, -0.25) is 37.3 Å². The molecular weight excluding hydrogens is 1370 g/mol. The number of hydrogen-bond acceptors (Lipinski definition) is 15. The minimum Gasteiger partial charge on any atom is -0.462 e. The number of hydrogen-bond donors (Lipinski definition) is 3. The van der Waals surface area contributed by atoms with E-state index in [-0.39, 0.29) is 25.7 Å². The highest BCUT2D eigenvalue weighted by atomic mass is 31.2. The first-order valence-corrected chi connectivity index (χ1v) is 47.4. The van der Waals surface area contributed by atoms with E-state index in [1.807, 2.05) is 0 Å². The van der Waals surface area contributed by atoms with Gasteiger partial charge in [-0.2, -0.15) is 0 Å². The Morgan fingerprint density at radius 3 is 0.724 bits per heavy atom. The topological polar surface area (TPSA) is 237 Å². The van der Waals surface area contributed by atoms with Gasteiger partial charge in [0.1, 0.15) is 19.3 Å². The number of phosphoric ester groups is 2. The number of aliphatic hydroxyl groups excluding tert-OH is 1. The number of rotatable bonds is 84. The van der Waals surface area contributed by atoms with Gasteiger partial charge in [-0.1, -0.05) is 402 Å². The minimum atomic E-state index is -4.97. The molecule has 3 unspecified atom stereocenters. The maximum Gasteiger partial charge on any atom is 0.472 e. The van der Waals surface area contributed by atoms with E-state index in [9.17, 15) is 43.2 Å². The Balaban J connectivity index is 5.21. The molecule has 0 saturated carbocycles. The molecule has 19 heteroatoms. The van der Waals surface area contributed by atoms with Gasteiger partial charge < -0.3 is 33.8 Å². The second-order valence-corrected chi connectivity index (χ2v) is 35.0. The molecule has 624 valence electrons. The van der Waals surface area contributed by atoms with Crippen LogP contribution < -0.4 is 0 Å². The van der Waals surface area contributed by atoms with Crippen LogP contribution in [0.4, 0.5) is 0 Å². The van der Waals surface area contributed by atoms with Crippen molar-refractivity contribution in [2.24, 2.45) is 17.8 Å². The van der Waals surface area contributed by atoms with Crippen molar-refractivity contribution in [1.29, 1.82) is 0 Å². The lowest BCUT2D eigenvalue weighted by molar-refractivity contribution is -0.161. The van der Waals surface area contributed by atoms with Gasteiger partial charge in [0.05, 0.1) is 26.4 Å². The Bertz CT molecular complexity index is 2030. The second-order valence-electron chi connectivity index (χ2n) is 32.1. The first-order valence-electron chi connectivity index (χ1n) is 44.4. The Kier molecular flexibility index (Phi) is 74.7. The summed E-state index contributed by atoms with van der Waals surface area (Å²) >= 11 is 0. The zero-order valence-electron chi connectivity index (χ0n) is 69.2. The number of ether oxygens (including phenoxy) is 4. The molecule has 0 aliphatic rings. The Morgan fingerprint density at radius 1 is 0.276 bits per heavy atom. The van der Waals surface area contributed by atoms with Crippen LogP contribution in [-0.2, 0) is 65.4 Å². The number of phosphoric acid groups is 2. The maximum atomic E-state index is 13.1. The smallest absolute Gasteiger partial charge is 0.462 e. The van der Waals surface area contributed by atoms with E-state index in [0.29, 0.717) is 25.7 Å². The molecule has 105 heavy (non-hydrogen) atoms. The molecule has 0 amide bonds. The summed E-state index contributed by atoms with van der Waals surface area (Å²) in [7, 11) is -9.93. The van der Waals surface area contributed by atoms with Crippen molar-refractivity contribution in [2.45, 2.75) is 471 Å². The van der Waals surface area contributed by atoms with E-state index < -0.39 is 97.5 Å². The third-order valence-corrected chi connectivity index (χ3v) is 22.4. The first kappa shape index (κ1) is 103. The fourth-order valence-electron chi connectivity index (χ4n) is 13.3. The number of aliphatic hydroxyl groups is 1. The third kappa shape index (κ3) is 78.5. The van der Waals surface area contributed by atoms with Crippen LogP contribution in [0.2, 0.25) is 0 Å². The van der Waals surface area contributed by atoms with Crippen molar-refractivity contribution in [3.8, 4) is 0 Å². The van der Waals surface area contributed by atoms with Gasteiger partial charge in [-0.25, -0.2) is 9.13 Å². The average molecular weight is 1540 g/mol. The van der Waals surface area contributed by atoms with Gasteiger partial charge in [-0.15, -0.1) is 0 Å². The van der Waals surface area contributed by atoms with Gasteiger partial charge in [0.15, 0.2) is 12.2 Å². The van der Waals surface area contributed by atoms with Crippen LogP contribution in [0.5, 0.6) is 0 Å². The van der Waals surface area contributed by atoms with E-state index >= 15 is 0 Å². The molecule has 0 spiro atoms. The van der Waals surface area contributed by atoms with E-state index in [1.165, 1.54) is 263 Å². The summed E-state index contributed by atoms with van der Waals surface area (Å²) in [6.45, 7) is 12.0. The molecule has 0 aromatic carbocycles.